The fourth-order valence-corrected chi connectivity index (χ4v) is 0.415. The maximum atomic E-state index is 12.3. The van der Waals surface area contributed by atoms with Gasteiger partial charge in [0.25, 0.3) is 0 Å². The van der Waals surface area contributed by atoms with Gasteiger partial charge in [0.15, 0.2) is 5.60 Å². The Morgan fingerprint density at radius 1 is 1.17 bits per heavy atom. The molecule has 0 aliphatic carbocycles. The first-order valence-corrected chi connectivity index (χ1v) is 2.87. The Kier molecular flexibility index (Phi) is 2.54. The molecule has 0 saturated carbocycles. The Morgan fingerprint density at radius 3 is 1.58 bits per heavy atom. The van der Waals surface area contributed by atoms with E-state index in [1.165, 1.54) is 0 Å². The molecule has 0 spiro atoms. The largest absolute Gasteiger partial charge is 0.456 e. The van der Waals surface area contributed by atoms with E-state index in [1.54, 1.807) is 0 Å². The van der Waals surface area contributed by atoms with Gasteiger partial charge in [-0.1, -0.05) is 6.08 Å². The van der Waals surface area contributed by atoms with Crippen LogP contribution < -0.4 is 0 Å². The molecule has 0 aliphatic heterocycles. The van der Waals surface area contributed by atoms with Crippen molar-refractivity contribution in [2.45, 2.75) is 24.6 Å². The zero-order valence-electron chi connectivity index (χ0n) is 6.12. The Labute approximate surface area is 65.5 Å². The van der Waals surface area contributed by atoms with Crippen molar-refractivity contribution in [2.24, 2.45) is 0 Å². The van der Waals surface area contributed by atoms with Crippen LogP contribution in [0.25, 0.3) is 0 Å². The molecule has 0 aromatic rings. The van der Waals surface area contributed by atoms with Crippen molar-refractivity contribution in [3.63, 3.8) is 0 Å². The van der Waals surface area contributed by atoms with Crippen molar-refractivity contribution in [3.05, 3.63) is 12.7 Å². The average Bonchev–Trinajstić information content (AvgIpc) is 1.85. The van der Waals surface area contributed by atoms with Gasteiger partial charge in [0, 0.05) is 0 Å². The molecule has 0 aromatic carbocycles. The third kappa shape index (κ3) is 1.57. The van der Waals surface area contributed by atoms with Crippen LogP contribution in [0.5, 0.6) is 0 Å². The molecule has 72 valence electrons. The van der Waals surface area contributed by atoms with E-state index in [0.29, 0.717) is 6.92 Å². The van der Waals surface area contributed by atoms with Gasteiger partial charge < -0.3 is 5.11 Å². The summed E-state index contributed by atoms with van der Waals surface area (Å²) in [4.78, 5) is 0. The first-order valence-electron chi connectivity index (χ1n) is 2.87. The van der Waals surface area contributed by atoms with E-state index in [9.17, 15) is 22.0 Å². The molecule has 0 aromatic heterocycles. The van der Waals surface area contributed by atoms with Gasteiger partial charge in [-0.15, -0.1) is 6.58 Å². The number of hydrogen-bond acceptors (Lipinski definition) is 1. The summed E-state index contributed by atoms with van der Waals surface area (Å²) in [7, 11) is 0. The normalized spacial score (nSPS) is 18.6. The highest BCUT2D eigenvalue weighted by Gasteiger charge is 2.66. The zero-order valence-corrected chi connectivity index (χ0v) is 6.12. The van der Waals surface area contributed by atoms with E-state index in [4.69, 9.17) is 5.11 Å². The van der Waals surface area contributed by atoms with E-state index in [0.717, 1.165) is 0 Å². The molecule has 12 heavy (non-hydrogen) atoms. The summed E-state index contributed by atoms with van der Waals surface area (Å²) < 4.78 is 59.2. The number of rotatable bonds is 2. The fourth-order valence-electron chi connectivity index (χ4n) is 0.415. The first kappa shape index (κ1) is 11.4. The predicted molar refractivity (Wildman–Crippen MR) is 31.8 cm³/mol. The van der Waals surface area contributed by atoms with Crippen LogP contribution in [0.4, 0.5) is 22.0 Å². The summed E-state index contributed by atoms with van der Waals surface area (Å²) in [5, 5.41) is 8.60. The highest BCUT2D eigenvalue weighted by Crippen LogP contribution is 2.43. The molecular weight excluding hydrogens is 183 g/mol. The summed E-state index contributed by atoms with van der Waals surface area (Å²) in [6, 6.07) is 0. The van der Waals surface area contributed by atoms with Crippen LogP contribution in [-0.2, 0) is 0 Å². The minimum absolute atomic E-state index is 0.153. The molecule has 1 unspecified atom stereocenters. The Bertz CT molecular complexity index is 181. The van der Waals surface area contributed by atoms with Crippen molar-refractivity contribution in [3.8, 4) is 0 Å². The summed E-state index contributed by atoms with van der Waals surface area (Å²) in [6.45, 7) is 3.02. The monoisotopic (exact) mass is 190 g/mol. The second kappa shape index (κ2) is 2.69. The van der Waals surface area contributed by atoms with E-state index >= 15 is 0 Å². The second-order valence-electron chi connectivity index (χ2n) is 2.42. The van der Waals surface area contributed by atoms with E-state index in [1.807, 2.05) is 0 Å². The number of alkyl halides is 5. The minimum Gasteiger partial charge on any atom is -0.379 e. The molecule has 1 nitrogen and oxygen atoms in total. The molecule has 0 fully saturated rings. The van der Waals surface area contributed by atoms with Crippen molar-refractivity contribution < 1.29 is 27.1 Å². The molecular formula is C6H7F5O. The maximum absolute atomic E-state index is 12.3. The number of halogens is 5. The smallest absolute Gasteiger partial charge is 0.379 e. The third-order valence-electron chi connectivity index (χ3n) is 1.39. The maximum Gasteiger partial charge on any atom is 0.456 e. The van der Waals surface area contributed by atoms with Gasteiger partial charge in [-0.25, -0.2) is 0 Å². The summed E-state index contributed by atoms with van der Waals surface area (Å²) >= 11 is 0. The van der Waals surface area contributed by atoms with Crippen molar-refractivity contribution in [1.29, 1.82) is 0 Å². The first-order chi connectivity index (χ1) is 5.06. The molecule has 1 N–H and O–H groups in total. The highest BCUT2D eigenvalue weighted by atomic mass is 19.4. The van der Waals surface area contributed by atoms with Gasteiger partial charge in [0.2, 0.25) is 0 Å². The lowest BCUT2D eigenvalue weighted by atomic mass is 9.98. The van der Waals surface area contributed by atoms with Crippen LogP contribution in [0.2, 0.25) is 0 Å². The van der Waals surface area contributed by atoms with E-state index in [-0.39, 0.29) is 6.08 Å². The molecule has 6 heteroatoms. The lowest BCUT2D eigenvalue weighted by Crippen LogP contribution is -2.54. The number of aliphatic hydroxyl groups is 1. The Balaban J connectivity index is 4.97. The Hall–Kier alpha value is -0.650. The minimum atomic E-state index is -5.77. The standard InChI is InChI=1S/C6H7F5O/c1-3-4(2,12)5(7,8)6(9,10)11/h3,12H,1H2,2H3. The summed E-state index contributed by atoms with van der Waals surface area (Å²) in [5.41, 5.74) is -3.27. The molecule has 1 atom stereocenters. The average molecular weight is 190 g/mol. The SMILES string of the molecule is C=CC(C)(O)C(F)(F)C(F)(F)F. The topological polar surface area (TPSA) is 20.2 Å². The summed E-state index contributed by atoms with van der Waals surface area (Å²) in [5.74, 6) is -5.18. The van der Waals surface area contributed by atoms with Gasteiger partial charge in [-0.2, -0.15) is 22.0 Å². The van der Waals surface area contributed by atoms with Crippen LogP contribution in [0.1, 0.15) is 6.92 Å². The molecule has 0 heterocycles. The van der Waals surface area contributed by atoms with Crippen LogP contribution in [0.3, 0.4) is 0 Å². The molecule has 0 bridgehead atoms. The van der Waals surface area contributed by atoms with Gasteiger partial charge >= 0.3 is 12.1 Å². The third-order valence-corrected chi connectivity index (χ3v) is 1.39. The van der Waals surface area contributed by atoms with Gasteiger partial charge in [-0.3, -0.25) is 0 Å². The number of hydrogen-bond donors (Lipinski definition) is 1. The van der Waals surface area contributed by atoms with E-state index in [2.05, 4.69) is 6.58 Å². The zero-order chi connectivity index (χ0) is 10.2. The van der Waals surface area contributed by atoms with Crippen LogP contribution >= 0.6 is 0 Å². The van der Waals surface area contributed by atoms with Gasteiger partial charge in [0.05, 0.1) is 0 Å². The predicted octanol–water partition coefficient (Wildman–Crippen LogP) is 2.12. The molecule has 0 aliphatic rings. The molecule has 0 saturated heterocycles. The van der Waals surface area contributed by atoms with E-state index < -0.39 is 17.7 Å². The van der Waals surface area contributed by atoms with Crippen LogP contribution in [0.15, 0.2) is 12.7 Å². The second-order valence-corrected chi connectivity index (χ2v) is 2.42. The van der Waals surface area contributed by atoms with Gasteiger partial charge in [-0.05, 0) is 6.92 Å². The Morgan fingerprint density at radius 2 is 1.50 bits per heavy atom. The van der Waals surface area contributed by atoms with Crippen molar-refractivity contribution >= 4 is 0 Å². The molecule has 0 amide bonds. The van der Waals surface area contributed by atoms with Crippen LogP contribution in [0, 0.1) is 0 Å². The lowest BCUT2D eigenvalue weighted by Gasteiger charge is -2.30. The molecule has 0 radical (unpaired) electrons. The molecule has 0 rings (SSSR count). The quantitative estimate of drug-likeness (QED) is 0.522. The van der Waals surface area contributed by atoms with Crippen molar-refractivity contribution in [1.82, 2.24) is 0 Å². The fraction of sp³-hybridized carbons (Fsp3) is 0.667. The highest BCUT2D eigenvalue weighted by molar-refractivity contribution is 5.05. The van der Waals surface area contributed by atoms with Crippen molar-refractivity contribution in [2.75, 3.05) is 0 Å². The lowest BCUT2D eigenvalue weighted by molar-refractivity contribution is -0.327. The summed E-state index contributed by atoms with van der Waals surface area (Å²) in [6.07, 6.45) is -5.62. The van der Waals surface area contributed by atoms with Crippen LogP contribution in [-0.4, -0.2) is 22.8 Å². The van der Waals surface area contributed by atoms with Gasteiger partial charge in [0.1, 0.15) is 0 Å².